The molecule has 0 radical (unpaired) electrons. The van der Waals surface area contributed by atoms with Crippen LogP contribution < -0.4 is 4.74 Å². The molecule has 1 aliphatic carbocycles. The monoisotopic (exact) mass is 552 g/mol. The van der Waals surface area contributed by atoms with Crippen LogP contribution in [0.4, 0.5) is 0 Å². The fraction of sp³-hybridized carbons (Fsp3) is 0.538. The summed E-state index contributed by atoms with van der Waals surface area (Å²) >= 11 is 0. The summed E-state index contributed by atoms with van der Waals surface area (Å²) in [6.45, 7) is 1.23. The van der Waals surface area contributed by atoms with Crippen molar-refractivity contribution in [3.8, 4) is 11.5 Å². The number of phenolic OH excluding ortho intramolecular Hbond substituents is 1. The number of ether oxygens (including phenoxy) is 5. The first-order valence-corrected chi connectivity index (χ1v) is 12.4. The molecule has 0 unspecified atom stereocenters. The van der Waals surface area contributed by atoms with Crippen LogP contribution in [0.5, 0.6) is 11.5 Å². The number of aromatic hydroxyl groups is 1. The van der Waals surface area contributed by atoms with Crippen molar-refractivity contribution in [1.82, 2.24) is 0 Å². The number of phenols is 1. The normalized spacial score (nSPS) is 36.1. The van der Waals surface area contributed by atoms with Gasteiger partial charge in [-0.3, -0.25) is 0 Å². The Morgan fingerprint density at radius 2 is 1.85 bits per heavy atom. The zero-order chi connectivity index (χ0) is 28.4. The summed E-state index contributed by atoms with van der Waals surface area (Å²) in [7, 11) is 1.38. The lowest BCUT2D eigenvalue weighted by Gasteiger charge is -2.43. The molecule has 1 aromatic carbocycles. The lowest BCUT2D eigenvalue weighted by Crippen LogP contribution is -2.60. The molecule has 214 valence electrons. The predicted molar refractivity (Wildman–Crippen MR) is 130 cm³/mol. The number of aliphatic carboxylic acids is 1. The Bertz CT molecular complexity index is 1120. The van der Waals surface area contributed by atoms with Crippen LogP contribution in [0.1, 0.15) is 18.9 Å². The number of aliphatic hydroxyl groups excluding tert-OH is 4. The summed E-state index contributed by atoms with van der Waals surface area (Å²) in [4.78, 5) is 23.9. The third-order valence-corrected chi connectivity index (χ3v) is 7.41. The third-order valence-electron chi connectivity index (χ3n) is 7.41. The fourth-order valence-electron chi connectivity index (χ4n) is 5.15. The smallest absolute Gasteiger partial charge is 0.334 e. The van der Waals surface area contributed by atoms with Crippen molar-refractivity contribution >= 4 is 18.0 Å². The maximum atomic E-state index is 12.2. The van der Waals surface area contributed by atoms with Gasteiger partial charge < -0.3 is 54.3 Å². The van der Waals surface area contributed by atoms with Crippen LogP contribution in [0.15, 0.2) is 36.1 Å². The van der Waals surface area contributed by atoms with E-state index < -0.39 is 79.4 Å². The first-order valence-electron chi connectivity index (χ1n) is 12.4. The third kappa shape index (κ3) is 6.03. The van der Waals surface area contributed by atoms with Gasteiger partial charge in [0, 0.05) is 17.9 Å². The molecular weight excluding hydrogens is 520 g/mol. The fourth-order valence-corrected chi connectivity index (χ4v) is 5.15. The van der Waals surface area contributed by atoms with Gasteiger partial charge in [0.15, 0.2) is 17.8 Å². The summed E-state index contributed by atoms with van der Waals surface area (Å²) in [5, 5.41) is 60.7. The molecule has 1 saturated carbocycles. The van der Waals surface area contributed by atoms with Gasteiger partial charge in [-0.05, 0) is 36.1 Å². The van der Waals surface area contributed by atoms with E-state index in [0.29, 0.717) is 5.56 Å². The largest absolute Gasteiger partial charge is 0.504 e. The minimum absolute atomic E-state index is 0.00703. The predicted octanol–water partition coefficient (Wildman–Crippen LogP) is -0.261. The zero-order valence-electron chi connectivity index (χ0n) is 21.2. The maximum absolute atomic E-state index is 12.2. The molecular formula is C26H32O13. The van der Waals surface area contributed by atoms with E-state index in [9.17, 15) is 40.2 Å². The van der Waals surface area contributed by atoms with E-state index in [1.165, 1.54) is 25.3 Å². The van der Waals surface area contributed by atoms with Gasteiger partial charge in [-0.15, -0.1) is 0 Å². The van der Waals surface area contributed by atoms with Crippen LogP contribution in [0.25, 0.3) is 6.08 Å². The molecule has 13 nitrogen and oxygen atoms in total. The van der Waals surface area contributed by atoms with Crippen molar-refractivity contribution in [3.05, 3.63) is 41.7 Å². The number of hydrogen-bond donors (Lipinski definition) is 6. The van der Waals surface area contributed by atoms with Crippen molar-refractivity contribution in [2.75, 3.05) is 13.7 Å². The number of benzene rings is 1. The van der Waals surface area contributed by atoms with E-state index in [1.54, 1.807) is 13.0 Å². The SMILES string of the molecule is COc1cc(/C=C\C(=O)OC[C@H]2O[C@@H](O[C@@H]3OC=C(C(=O)O)[C@H]4C[C@H](O)[C@@H](C)[C@@H]34)[C@H](O)[C@@H](O)[C@@H]2O)ccc1O. The molecule has 39 heavy (non-hydrogen) atoms. The number of carboxylic acid groups (broad SMARTS) is 1. The van der Waals surface area contributed by atoms with Gasteiger partial charge >= 0.3 is 11.9 Å². The number of esters is 1. The Morgan fingerprint density at radius 3 is 2.54 bits per heavy atom. The highest BCUT2D eigenvalue weighted by Gasteiger charge is 2.53. The number of carboxylic acids is 1. The Balaban J connectivity index is 1.40. The molecule has 2 heterocycles. The number of fused-ring (bicyclic) bond motifs is 1. The zero-order valence-corrected chi connectivity index (χ0v) is 21.2. The van der Waals surface area contributed by atoms with E-state index in [2.05, 4.69) is 0 Å². The number of methoxy groups -OCH3 is 1. The molecule has 1 saturated heterocycles. The average Bonchev–Trinajstić information content (AvgIpc) is 3.21. The van der Waals surface area contributed by atoms with Gasteiger partial charge in [-0.1, -0.05) is 13.0 Å². The van der Waals surface area contributed by atoms with Crippen LogP contribution in [-0.2, 0) is 28.5 Å². The van der Waals surface area contributed by atoms with E-state index in [4.69, 9.17) is 23.7 Å². The number of carbonyl (C=O) groups excluding carboxylic acids is 1. The van der Waals surface area contributed by atoms with Crippen molar-refractivity contribution in [3.63, 3.8) is 0 Å². The van der Waals surface area contributed by atoms with Gasteiger partial charge in [0.1, 0.15) is 31.0 Å². The summed E-state index contributed by atoms with van der Waals surface area (Å²) in [5.41, 5.74) is 0.534. The van der Waals surface area contributed by atoms with Crippen molar-refractivity contribution < 1.29 is 63.9 Å². The highest BCUT2D eigenvalue weighted by atomic mass is 16.8. The Hall–Kier alpha value is -3.20. The molecule has 2 fully saturated rings. The molecule has 6 N–H and O–H groups in total. The molecule has 0 aromatic heterocycles. The minimum Gasteiger partial charge on any atom is -0.504 e. The second-order valence-electron chi connectivity index (χ2n) is 9.77. The quantitative estimate of drug-likeness (QED) is 0.182. The standard InChI is InChI=1S/C26H32O13/c1-11-16(28)8-13-14(24(33)34)9-37-25(20(11)13)39-26-23(32)22(31)21(30)18(38-26)10-36-19(29)6-4-12-3-5-15(27)17(7-12)35-2/h3-7,9,11,13,16,18,20-23,25-28,30-32H,8,10H2,1-2H3,(H,33,34)/b6-4-/t11-,13-,16+,18-,20-,21-,22+,23-,25+,26+/m1/s1. The molecule has 4 rings (SSSR count). The van der Waals surface area contributed by atoms with Crippen LogP contribution in [0.3, 0.4) is 0 Å². The number of carbonyl (C=O) groups is 2. The Kier molecular flexibility index (Phi) is 8.79. The summed E-state index contributed by atoms with van der Waals surface area (Å²) in [6.07, 6.45) is -6.03. The van der Waals surface area contributed by atoms with Gasteiger partial charge in [-0.2, -0.15) is 0 Å². The first-order chi connectivity index (χ1) is 18.5. The van der Waals surface area contributed by atoms with Crippen molar-refractivity contribution in [2.24, 2.45) is 17.8 Å². The number of aliphatic hydroxyl groups is 4. The molecule has 1 aromatic rings. The van der Waals surface area contributed by atoms with E-state index >= 15 is 0 Å². The summed E-state index contributed by atoms with van der Waals surface area (Å²) in [5.74, 6) is -3.39. The number of rotatable bonds is 8. The van der Waals surface area contributed by atoms with E-state index in [0.717, 1.165) is 12.3 Å². The summed E-state index contributed by atoms with van der Waals surface area (Å²) < 4.78 is 27.1. The average molecular weight is 553 g/mol. The Morgan fingerprint density at radius 1 is 1.10 bits per heavy atom. The van der Waals surface area contributed by atoms with Gasteiger partial charge in [-0.25, -0.2) is 9.59 Å². The van der Waals surface area contributed by atoms with Gasteiger partial charge in [0.2, 0.25) is 6.29 Å². The van der Waals surface area contributed by atoms with Crippen LogP contribution in [0, 0.1) is 17.8 Å². The molecule has 3 aliphatic rings. The highest BCUT2D eigenvalue weighted by Crippen LogP contribution is 2.47. The summed E-state index contributed by atoms with van der Waals surface area (Å²) in [6, 6.07) is 4.45. The number of hydrogen-bond acceptors (Lipinski definition) is 12. The van der Waals surface area contributed by atoms with Gasteiger partial charge in [0.25, 0.3) is 0 Å². The van der Waals surface area contributed by atoms with Crippen LogP contribution in [0.2, 0.25) is 0 Å². The second kappa shape index (κ2) is 11.9. The van der Waals surface area contributed by atoms with Crippen LogP contribution >= 0.6 is 0 Å². The highest BCUT2D eigenvalue weighted by molar-refractivity contribution is 5.87. The first kappa shape index (κ1) is 28.8. The maximum Gasteiger partial charge on any atom is 0.334 e. The molecule has 0 bridgehead atoms. The van der Waals surface area contributed by atoms with Gasteiger partial charge in [0.05, 0.1) is 25.0 Å². The lowest BCUT2D eigenvalue weighted by molar-refractivity contribution is -0.342. The molecule has 13 heteroatoms. The molecule has 2 aliphatic heterocycles. The minimum atomic E-state index is -1.72. The van der Waals surface area contributed by atoms with Crippen LogP contribution in [-0.4, -0.2) is 99.4 Å². The Labute approximate surface area is 223 Å². The molecule has 10 atom stereocenters. The topological polar surface area (TPSA) is 202 Å². The lowest BCUT2D eigenvalue weighted by atomic mass is 9.83. The molecule has 0 amide bonds. The van der Waals surface area contributed by atoms with Crippen molar-refractivity contribution in [2.45, 2.75) is 56.4 Å². The van der Waals surface area contributed by atoms with Crippen molar-refractivity contribution in [1.29, 1.82) is 0 Å². The van der Waals surface area contributed by atoms with E-state index in [1.807, 2.05) is 0 Å². The molecule has 0 spiro atoms. The van der Waals surface area contributed by atoms with E-state index in [-0.39, 0.29) is 23.5 Å². The second-order valence-corrected chi connectivity index (χ2v) is 9.77.